The van der Waals surface area contributed by atoms with Gasteiger partial charge < -0.3 is 14.5 Å². The summed E-state index contributed by atoms with van der Waals surface area (Å²) >= 11 is 0. The summed E-state index contributed by atoms with van der Waals surface area (Å²) in [6.45, 7) is 4.20. The molecule has 2 heterocycles. The van der Waals surface area contributed by atoms with Crippen LogP contribution in [-0.2, 0) is 4.74 Å². The highest BCUT2D eigenvalue weighted by Gasteiger charge is 2.24. The normalized spacial score (nSPS) is 27.6. The summed E-state index contributed by atoms with van der Waals surface area (Å²) < 4.78 is 10.7. The fourth-order valence-electron chi connectivity index (χ4n) is 2.80. The molecule has 0 aliphatic carbocycles. The maximum atomic E-state index is 11.1. The monoisotopic (exact) mass is 262 g/mol. The molecule has 0 bridgehead atoms. The minimum absolute atomic E-state index is 0.277. The second-order valence-electron chi connectivity index (χ2n) is 5.30. The fraction of sp³-hybridized carbons (Fsp3) is 0.500. The Morgan fingerprint density at radius 1 is 1.26 bits per heavy atom. The number of H-pyrrole nitrogens is 1. The van der Waals surface area contributed by atoms with Crippen LogP contribution in [0.15, 0.2) is 27.4 Å². The zero-order valence-corrected chi connectivity index (χ0v) is 11.1. The SMILES string of the molecule is CC1CC(Nc2ccc3oc(=O)[nH]c3c2)CC(C)O1. The number of anilines is 1. The average Bonchev–Trinajstić information content (AvgIpc) is 2.67. The van der Waals surface area contributed by atoms with Gasteiger partial charge in [-0.15, -0.1) is 0 Å². The Labute approximate surface area is 111 Å². The van der Waals surface area contributed by atoms with Gasteiger partial charge in [-0.25, -0.2) is 4.79 Å². The highest BCUT2D eigenvalue weighted by Crippen LogP contribution is 2.24. The van der Waals surface area contributed by atoms with Gasteiger partial charge in [0, 0.05) is 11.7 Å². The first kappa shape index (κ1) is 12.3. The van der Waals surface area contributed by atoms with E-state index in [-0.39, 0.29) is 12.2 Å². The lowest BCUT2D eigenvalue weighted by Gasteiger charge is -2.33. The number of ether oxygens (including phenoxy) is 1. The van der Waals surface area contributed by atoms with E-state index in [1.54, 1.807) is 0 Å². The predicted octanol–water partition coefficient (Wildman–Crippen LogP) is 2.49. The molecule has 2 unspecified atom stereocenters. The molecule has 1 aliphatic heterocycles. The molecule has 0 spiro atoms. The van der Waals surface area contributed by atoms with Crippen LogP contribution in [0.5, 0.6) is 0 Å². The average molecular weight is 262 g/mol. The summed E-state index contributed by atoms with van der Waals surface area (Å²) in [5.41, 5.74) is 2.31. The molecule has 1 saturated heterocycles. The molecule has 1 aromatic carbocycles. The van der Waals surface area contributed by atoms with Crippen LogP contribution in [0.2, 0.25) is 0 Å². The van der Waals surface area contributed by atoms with Crippen molar-refractivity contribution >= 4 is 16.8 Å². The van der Waals surface area contributed by atoms with Crippen LogP contribution in [0.25, 0.3) is 11.1 Å². The lowest BCUT2D eigenvalue weighted by Crippen LogP contribution is -2.36. The van der Waals surface area contributed by atoms with E-state index in [1.165, 1.54) is 0 Å². The number of benzene rings is 1. The Morgan fingerprint density at radius 2 is 2.00 bits per heavy atom. The van der Waals surface area contributed by atoms with E-state index in [1.807, 2.05) is 18.2 Å². The predicted molar refractivity (Wildman–Crippen MR) is 73.5 cm³/mol. The van der Waals surface area contributed by atoms with E-state index < -0.39 is 5.76 Å². The Hall–Kier alpha value is -1.75. The van der Waals surface area contributed by atoms with Gasteiger partial charge in [0.15, 0.2) is 5.58 Å². The molecule has 0 amide bonds. The van der Waals surface area contributed by atoms with Crippen molar-refractivity contribution in [1.82, 2.24) is 4.98 Å². The van der Waals surface area contributed by atoms with Gasteiger partial charge in [-0.2, -0.15) is 0 Å². The third kappa shape index (κ3) is 2.66. The van der Waals surface area contributed by atoms with Gasteiger partial charge in [-0.05, 0) is 44.9 Å². The van der Waals surface area contributed by atoms with Crippen molar-refractivity contribution in [2.75, 3.05) is 5.32 Å². The van der Waals surface area contributed by atoms with E-state index in [9.17, 15) is 4.79 Å². The molecule has 1 aliphatic rings. The van der Waals surface area contributed by atoms with Crippen LogP contribution in [0.4, 0.5) is 5.69 Å². The minimum atomic E-state index is -0.416. The molecule has 5 heteroatoms. The summed E-state index contributed by atoms with van der Waals surface area (Å²) in [6.07, 6.45) is 2.53. The van der Waals surface area contributed by atoms with Gasteiger partial charge >= 0.3 is 5.76 Å². The highest BCUT2D eigenvalue weighted by molar-refractivity contribution is 5.76. The zero-order valence-electron chi connectivity index (χ0n) is 11.1. The lowest BCUT2D eigenvalue weighted by atomic mass is 9.99. The third-order valence-electron chi connectivity index (χ3n) is 3.49. The minimum Gasteiger partial charge on any atom is -0.408 e. The van der Waals surface area contributed by atoms with Gasteiger partial charge in [0.05, 0.1) is 17.7 Å². The number of fused-ring (bicyclic) bond motifs is 1. The van der Waals surface area contributed by atoms with Gasteiger partial charge in [-0.3, -0.25) is 4.98 Å². The van der Waals surface area contributed by atoms with Gasteiger partial charge in [0.2, 0.25) is 0 Å². The summed E-state index contributed by atoms with van der Waals surface area (Å²) in [5.74, 6) is -0.416. The molecule has 5 nitrogen and oxygen atoms in total. The first-order chi connectivity index (χ1) is 9.10. The lowest BCUT2D eigenvalue weighted by molar-refractivity contribution is -0.0337. The number of hydrogen-bond acceptors (Lipinski definition) is 4. The van der Waals surface area contributed by atoms with Crippen LogP contribution < -0.4 is 11.1 Å². The maximum Gasteiger partial charge on any atom is 0.417 e. The molecule has 0 saturated carbocycles. The van der Waals surface area contributed by atoms with Crippen molar-refractivity contribution < 1.29 is 9.15 Å². The molecular formula is C14H18N2O3. The highest BCUT2D eigenvalue weighted by atomic mass is 16.5. The molecule has 2 aromatic rings. The molecule has 1 aromatic heterocycles. The first-order valence-electron chi connectivity index (χ1n) is 6.65. The van der Waals surface area contributed by atoms with Crippen LogP contribution >= 0.6 is 0 Å². The van der Waals surface area contributed by atoms with Crippen molar-refractivity contribution in [2.24, 2.45) is 0 Å². The van der Waals surface area contributed by atoms with Crippen LogP contribution in [-0.4, -0.2) is 23.2 Å². The number of oxazole rings is 1. The van der Waals surface area contributed by atoms with Gasteiger partial charge in [-0.1, -0.05) is 0 Å². The number of nitrogens with one attached hydrogen (secondary N) is 2. The number of aromatic amines is 1. The van der Waals surface area contributed by atoms with Crippen molar-refractivity contribution in [3.63, 3.8) is 0 Å². The smallest absolute Gasteiger partial charge is 0.408 e. The van der Waals surface area contributed by atoms with Crippen molar-refractivity contribution in [1.29, 1.82) is 0 Å². The summed E-state index contributed by atoms with van der Waals surface area (Å²) in [7, 11) is 0. The second-order valence-corrected chi connectivity index (χ2v) is 5.30. The molecular weight excluding hydrogens is 244 g/mol. The Morgan fingerprint density at radius 3 is 2.74 bits per heavy atom. The van der Waals surface area contributed by atoms with E-state index in [0.29, 0.717) is 11.6 Å². The van der Waals surface area contributed by atoms with E-state index in [0.717, 1.165) is 24.0 Å². The molecule has 0 radical (unpaired) electrons. The summed E-state index contributed by atoms with van der Waals surface area (Å²) in [4.78, 5) is 13.8. The Bertz CT molecular complexity index is 621. The van der Waals surface area contributed by atoms with E-state index in [4.69, 9.17) is 9.15 Å². The Kier molecular flexibility index (Phi) is 3.06. The number of aromatic nitrogens is 1. The summed E-state index contributed by atoms with van der Waals surface area (Å²) in [5, 5.41) is 3.50. The molecule has 2 N–H and O–H groups in total. The van der Waals surface area contributed by atoms with Crippen LogP contribution in [0.3, 0.4) is 0 Å². The topological polar surface area (TPSA) is 67.3 Å². The van der Waals surface area contributed by atoms with Gasteiger partial charge in [0.1, 0.15) is 0 Å². The van der Waals surface area contributed by atoms with Crippen LogP contribution in [0, 0.1) is 0 Å². The quantitative estimate of drug-likeness (QED) is 0.872. The summed E-state index contributed by atoms with van der Waals surface area (Å²) in [6, 6.07) is 6.05. The molecule has 102 valence electrons. The molecule has 19 heavy (non-hydrogen) atoms. The fourth-order valence-corrected chi connectivity index (χ4v) is 2.80. The first-order valence-corrected chi connectivity index (χ1v) is 6.65. The Balaban J connectivity index is 1.78. The number of hydrogen-bond donors (Lipinski definition) is 2. The third-order valence-corrected chi connectivity index (χ3v) is 3.49. The van der Waals surface area contributed by atoms with Crippen molar-refractivity contribution in [2.45, 2.75) is 44.9 Å². The van der Waals surface area contributed by atoms with Crippen LogP contribution in [0.1, 0.15) is 26.7 Å². The zero-order chi connectivity index (χ0) is 13.4. The van der Waals surface area contributed by atoms with Crippen molar-refractivity contribution in [3.05, 3.63) is 28.7 Å². The standard InChI is InChI=1S/C14H18N2O3/c1-8-5-11(6-9(2)18-8)15-10-3-4-13-12(7-10)16-14(17)19-13/h3-4,7-9,11,15H,5-6H2,1-2H3,(H,16,17). The molecule has 3 rings (SSSR count). The molecule has 2 atom stereocenters. The largest absolute Gasteiger partial charge is 0.417 e. The maximum absolute atomic E-state index is 11.1. The van der Waals surface area contributed by atoms with E-state index >= 15 is 0 Å². The van der Waals surface area contributed by atoms with Crippen molar-refractivity contribution in [3.8, 4) is 0 Å². The second kappa shape index (κ2) is 4.74. The van der Waals surface area contributed by atoms with E-state index in [2.05, 4.69) is 24.1 Å². The van der Waals surface area contributed by atoms with Gasteiger partial charge in [0.25, 0.3) is 0 Å². The number of rotatable bonds is 2. The molecule has 1 fully saturated rings.